The first-order chi connectivity index (χ1) is 8.97. The largest absolute Gasteiger partial charge is 0.399 e. The van der Waals surface area contributed by atoms with Gasteiger partial charge in [-0.3, -0.25) is 4.79 Å². The third kappa shape index (κ3) is 2.95. The molecular weight excluding hydrogens is 269 g/mol. The van der Waals surface area contributed by atoms with Gasteiger partial charge in [0.15, 0.2) is 0 Å². The number of nitrogens with one attached hydrogen (secondary N) is 1. The quantitative estimate of drug-likeness (QED) is 0.756. The van der Waals surface area contributed by atoms with Gasteiger partial charge in [0, 0.05) is 11.4 Å². The van der Waals surface area contributed by atoms with Crippen LogP contribution in [-0.4, -0.2) is 5.91 Å². The van der Waals surface area contributed by atoms with E-state index in [1.165, 1.54) is 18.2 Å². The molecule has 0 bridgehead atoms. The Bertz CT molecular complexity index is 646. The Labute approximate surface area is 114 Å². The summed E-state index contributed by atoms with van der Waals surface area (Å²) in [5.41, 5.74) is 12.4. The fraction of sp³-hybridized carbons (Fsp3) is 0. The van der Waals surface area contributed by atoms with Crippen molar-refractivity contribution in [1.29, 1.82) is 0 Å². The van der Waals surface area contributed by atoms with Crippen molar-refractivity contribution in [2.45, 2.75) is 0 Å². The number of halogens is 2. The maximum atomic E-state index is 13.3. The van der Waals surface area contributed by atoms with Gasteiger partial charge in [-0.15, -0.1) is 0 Å². The van der Waals surface area contributed by atoms with Crippen LogP contribution < -0.4 is 16.8 Å². The minimum absolute atomic E-state index is 0.0259. The highest BCUT2D eigenvalue weighted by Crippen LogP contribution is 2.25. The van der Waals surface area contributed by atoms with Crippen LogP contribution in [0.15, 0.2) is 36.4 Å². The van der Waals surface area contributed by atoms with Gasteiger partial charge in [0.1, 0.15) is 5.82 Å². The Balaban J connectivity index is 2.37. The third-order valence-corrected chi connectivity index (χ3v) is 2.81. The number of nitrogen functional groups attached to an aromatic ring is 1. The van der Waals surface area contributed by atoms with Gasteiger partial charge in [-0.1, -0.05) is 11.6 Å². The van der Waals surface area contributed by atoms with Crippen LogP contribution in [0.25, 0.3) is 0 Å². The summed E-state index contributed by atoms with van der Waals surface area (Å²) in [6, 6.07) is 8.90. The molecule has 2 rings (SSSR count). The molecule has 5 N–H and O–H groups in total. The Morgan fingerprint density at radius 1 is 1.21 bits per heavy atom. The first kappa shape index (κ1) is 13.2. The van der Waals surface area contributed by atoms with E-state index in [1.54, 1.807) is 18.2 Å². The molecule has 0 aromatic heterocycles. The first-order valence-electron chi connectivity index (χ1n) is 5.39. The zero-order chi connectivity index (χ0) is 14.0. The second-order valence-corrected chi connectivity index (χ2v) is 4.33. The van der Waals surface area contributed by atoms with Gasteiger partial charge in [-0.05, 0) is 36.4 Å². The van der Waals surface area contributed by atoms with Crippen LogP contribution in [0.5, 0.6) is 0 Å². The molecule has 98 valence electrons. The van der Waals surface area contributed by atoms with Crippen LogP contribution in [-0.2, 0) is 0 Å². The molecule has 19 heavy (non-hydrogen) atoms. The zero-order valence-corrected chi connectivity index (χ0v) is 10.5. The van der Waals surface area contributed by atoms with E-state index in [-0.39, 0.29) is 10.6 Å². The van der Waals surface area contributed by atoms with Crippen LogP contribution in [0.2, 0.25) is 5.02 Å². The monoisotopic (exact) mass is 279 g/mol. The van der Waals surface area contributed by atoms with Crippen molar-refractivity contribution in [2.75, 3.05) is 11.1 Å². The topological polar surface area (TPSA) is 81.1 Å². The van der Waals surface area contributed by atoms with E-state index >= 15 is 0 Å². The van der Waals surface area contributed by atoms with Crippen molar-refractivity contribution in [3.8, 4) is 0 Å². The molecule has 2 aromatic carbocycles. The predicted octanol–water partition coefficient (Wildman–Crippen LogP) is 2.90. The molecule has 0 heterocycles. The van der Waals surface area contributed by atoms with Gasteiger partial charge < -0.3 is 16.8 Å². The molecule has 6 heteroatoms. The molecule has 1 amide bonds. The molecule has 2 aromatic rings. The number of rotatable bonds is 3. The molecular formula is C13H11ClFN3O. The highest BCUT2D eigenvalue weighted by atomic mass is 35.5. The van der Waals surface area contributed by atoms with Crippen LogP contribution in [0.3, 0.4) is 0 Å². The zero-order valence-electron chi connectivity index (χ0n) is 9.78. The predicted molar refractivity (Wildman–Crippen MR) is 74.1 cm³/mol. The average Bonchev–Trinajstić information content (AvgIpc) is 2.36. The summed E-state index contributed by atoms with van der Waals surface area (Å²) in [6.45, 7) is 0. The molecule has 0 radical (unpaired) electrons. The van der Waals surface area contributed by atoms with Crippen molar-refractivity contribution in [1.82, 2.24) is 0 Å². The number of hydrogen-bond donors (Lipinski definition) is 3. The summed E-state index contributed by atoms with van der Waals surface area (Å²) >= 11 is 5.59. The van der Waals surface area contributed by atoms with Gasteiger partial charge in [0.2, 0.25) is 0 Å². The fourth-order valence-corrected chi connectivity index (χ4v) is 1.72. The lowest BCUT2D eigenvalue weighted by Crippen LogP contribution is -2.13. The van der Waals surface area contributed by atoms with Crippen LogP contribution >= 0.6 is 11.6 Å². The number of carbonyl (C=O) groups excluding carboxylic acids is 1. The number of anilines is 3. The molecule has 0 fully saturated rings. The highest BCUT2D eigenvalue weighted by molar-refractivity contribution is 6.30. The average molecular weight is 280 g/mol. The Morgan fingerprint density at radius 2 is 1.95 bits per heavy atom. The summed E-state index contributed by atoms with van der Waals surface area (Å²) < 4.78 is 13.3. The van der Waals surface area contributed by atoms with Gasteiger partial charge in [0.05, 0.1) is 16.3 Å². The number of hydrogen-bond acceptors (Lipinski definition) is 3. The Hall–Kier alpha value is -2.27. The number of benzene rings is 2. The summed E-state index contributed by atoms with van der Waals surface area (Å²) in [5.74, 6) is -1.17. The van der Waals surface area contributed by atoms with Crippen LogP contribution in [0.1, 0.15) is 10.4 Å². The van der Waals surface area contributed by atoms with E-state index in [0.717, 1.165) is 0 Å². The number of primary amides is 1. The lowest BCUT2D eigenvalue weighted by atomic mass is 10.1. The molecule has 0 aliphatic heterocycles. The van der Waals surface area contributed by atoms with Crippen LogP contribution in [0, 0.1) is 5.82 Å². The third-order valence-electron chi connectivity index (χ3n) is 2.51. The minimum atomic E-state index is -0.621. The first-order valence-corrected chi connectivity index (χ1v) is 5.76. The van der Waals surface area contributed by atoms with Gasteiger partial charge in [-0.25, -0.2) is 4.39 Å². The van der Waals surface area contributed by atoms with Gasteiger partial charge >= 0.3 is 0 Å². The SMILES string of the molecule is NC(=O)c1cc(N)ccc1Nc1ccc(Cl)c(F)c1. The molecule has 0 aliphatic carbocycles. The van der Waals surface area contributed by atoms with Crippen molar-refractivity contribution >= 4 is 34.6 Å². The van der Waals surface area contributed by atoms with E-state index in [1.807, 2.05) is 0 Å². The number of nitrogens with two attached hydrogens (primary N) is 2. The number of amides is 1. The second-order valence-electron chi connectivity index (χ2n) is 3.92. The van der Waals surface area contributed by atoms with Crippen molar-refractivity contribution in [2.24, 2.45) is 5.73 Å². The van der Waals surface area contributed by atoms with E-state index in [9.17, 15) is 9.18 Å². The summed E-state index contributed by atoms with van der Waals surface area (Å²) in [5, 5.41) is 2.92. The minimum Gasteiger partial charge on any atom is -0.399 e. The van der Waals surface area contributed by atoms with Crippen LogP contribution in [0.4, 0.5) is 21.5 Å². The summed E-state index contributed by atoms with van der Waals surface area (Å²) in [6.07, 6.45) is 0. The summed E-state index contributed by atoms with van der Waals surface area (Å²) in [7, 11) is 0. The van der Waals surface area contributed by atoms with Crippen molar-refractivity contribution < 1.29 is 9.18 Å². The molecule has 0 unspecified atom stereocenters. The number of carbonyl (C=O) groups is 1. The molecule has 0 aliphatic rings. The van der Waals surface area contributed by atoms with E-state index < -0.39 is 11.7 Å². The highest BCUT2D eigenvalue weighted by Gasteiger charge is 2.09. The molecule has 0 spiro atoms. The lowest BCUT2D eigenvalue weighted by molar-refractivity contribution is 0.100. The van der Waals surface area contributed by atoms with E-state index in [2.05, 4.69) is 5.32 Å². The molecule has 4 nitrogen and oxygen atoms in total. The van der Waals surface area contributed by atoms with Gasteiger partial charge in [-0.2, -0.15) is 0 Å². The van der Waals surface area contributed by atoms with Crippen molar-refractivity contribution in [3.63, 3.8) is 0 Å². The standard InChI is InChI=1S/C13H11ClFN3O/c14-10-3-2-8(6-11(10)15)18-12-4-1-7(16)5-9(12)13(17)19/h1-6,18H,16H2,(H2,17,19). The molecule has 0 saturated carbocycles. The molecule has 0 atom stereocenters. The van der Waals surface area contributed by atoms with E-state index in [4.69, 9.17) is 23.1 Å². The van der Waals surface area contributed by atoms with E-state index in [0.29, 0.717) is 17.1 Å². The maximum absolute atomic E-state index is 13.3. The Morgan fingerprint density at radius 3 is 2.58 bits per heavy atom. The normalized spacial score (nSPS) is 10.2. The fourth-order valence-electron chi connectivity index (χ4n) is 1.60. The summed E-state index contributed by atoms with van der Waals surface area (Å²) in [4.78, 5) is 11.3. The smallest absolute Gasteiger partial charge is 0.250 e. The maximum Gasteiger partial charge on any atom is 0.250 e. The molecule has 0 saturated heterocycles. The van der Waals surface area contributed by atoms with Crippen molar-refractivity contribution in [3.05, 3.63) is 52.8 Å². The Kier molecular flexibility index (Phi) is 3.57. The van der Waals surface area contributed by atoms with Gasteiger partial charge in [0.25, 0.3) is 5.91 Å². The second kappa shape index (κ2) is 5.16. The lowest BCUT2D eigenvalue weighted by Gasteiger charge is -2.11.